The third-order valence-corrected chi connectivity index (χ3v) is 3.97. The second kappa shape index (κ2) is 4.96. The van der Waals surface area contributed by atoms with E-state index in [2.05, 4.69) is 6.92 Å². The molecular weight excluding hydrogens is 260 g/mol. The molecule has 1 aliphatic carbocycles. The van der Waals surface area contributed by atoms with Crippen LogP contribution >= 0.6 is 11.6 Å². The van der Waals surface area contributed by atoms with E-state index >= 15 is 0 Å². The van der Waals surface area contributed by atoms with Gasteiger partial charge in [0.05, 0.1) is 11.9 Å². The second-order valence-corrected chi connectivity index (χ2v) is 5.83. The van der Waals surface area contributed by atoms with Gasteiger partial charge in [0.25, 0.3) is 0 Å². The fourth-order valence-corrected chi connectivity index (χ4v) is 2.96. The number of aliphatic hydroxyl groups excluding tert-OH is 1. The number of halogens is 1. The van der Waals surface area contributed by atoms with Gasteiger partial charge in [0, 0.05) is 5.02 Å². The highest BCUT2D eigenvalue weighted by atomic mass is 35.5. The van der Waals surface area contributed by atoms with E-state index in [9.17, 15) is 13.5 Å². The Morgan fingerprint density at radius 1 is 1.53 bits per heavy atom. The maximum absolute atomic E-state index is 10.8. The predicted molar refractivity (Wildman–Crippen MR) is 67.7 cm³/mol. The summed E-state index contributed by atoms with van der Waals surface area (Å²) in [5.74, 6) is 0.353. The summed E-state index contributed by atoms with van der Waals surface area (Å²) in [4.78, 5) is 0. The van der Waals surface area contributed by atoms with Gasteiger partial charge in [-0.15, -0.1) is 0 Å². The van der Waals surface area contributed by atoms with Crippen LogP contribution in [0.5, 0.6) is 0 Å². The molecule has 0 spiro atoms. The lowest BCUT2D eigenvalue weighted by molar-refractivity contribution is 0.194. The predicted octanol–water partition coefficient (Wildman–Crippen LogP) is 1.75. The zero-order valence-electron chi connectivity index (χ0n) is 9.17. The highest BCUT2D eigenvalue weighted by molar-refractivity contribution is 7.71. The van der Waals surface area contributed by atoms with E-state index in [-0.39, 0.29) is 17.6 Å². The SMILES string of the molecule is [CH2]C(O)C1CC1c1ccc(Cl)cc1C[SH](=O)=O. The third kappa shape index (κ3) is 3.00. The molecule has 0 saturated heterocycles. The molecule has 5 heteroatoms. The van der Waals surface area contributed by atoms with E-state index < -0.39 is 16.8 Å². The molecule has 2 rings (SSSR count). The van der Waals surface area contributed by atoms with Crippen LogP contribution in [-0.2, 0) is 16.5 Å². The molecule has 1 saturated carbocycles. The van der Waals surface area contributed by atoms with Crippen molar-refractivity contribution in [2.24, 2.45) is 5.92 Å². The molecule has 1 fully saturated rings. The highest BCUT2D eigenvalue weighted by Crippen LogP contribution is 2.50. The van der Waals surface area contributed by atoms with Crippen LogP contribution in [-0.4, -0.2) is 19.6 Å². The topological polar surface area (TPSA) is 54.4 Å². The molecule has 1 aromatic rings. The van der Waals surface area contributed by atoms with Crippen LogP contribution in [0.3, 0.4) is 0 Å². The standard InChI is InChI=1S/C12H14ClO3S/c1-7(14)11-5-12(11)10-3-2-9(13)4-8(10)6-17(15)16/h2-4,7,11-12,14,17H,1,5-6H2. The van der Waals surface area contributed by atoms with Gasteiger partial charge in [-0.1, -0.05) is 17.7 Å². The first kappa shape index (κ1) is 12.9. The summed E-state index contributed by atoms with van der Waals surface area (Å²) in [7, 11) is -2.47. The summed E-state index contributed by atoms with van der Waals surface area (Å²) in [6.45, 7) is 3.59. The number of rotatable bonds is 4. The Kier molecular flexibility index (Phi) is 3.76. The van der Waals surface area contributed by atoms with Crippen molar-refractivity contribution in [1.29, 1.82) is 0 Å². The molecule has 17 heavy (non-hydrogen) atoms. The van der Waals surface area contributed by atoms with Gasteiger partial charge >= 0.3 is 0 Å². The molecule has 3 nitrogen and oxygen atoms in total. The lowest BCUT2D eigenvalue weighted by Gasteiger charge is -2.08. The minimum Gasteiger partial charge on any atom is -0.393 e. The number of hydrogen-bond acceptors (Lipinski definition) is 3. The Balaban J connectivity index is 2.28. The van der Waals surface area contributed by atoms with E-state index in [1.54, 1.807) is 12.1 Å². The molecule has 0 amide bonds. The monoisotopic (exact) mass is 273 g/mol. The Morgan fingerprint density at radius 2 is 2.24 bits per heavy atom. The largest absolute Gasteiger partial charge is 0.393 e. The smallest absolute Gasteiger partial charge is 0.144 e. The minimum atomic E-state index is -2.47. The average Bonchev–Trinajstić information content (AvgIpc) is 2.96. The lowest BCUT2D eigenvalue weighted by Crippen LogP contribution is -2.05. The van der Waals surface area contributed by atoms with Crippen LogP contribution in [0.2, 0.25) is 5.02 Å². The van der Waals surface area contributed by atoms with Gasteiger partial charge < -0.3 is 5.11 Å². The molecule has 0 bridgehead atoms. The first-order valence-electron chi connectivity index (χ1n) is 5.40. The molecule has 0 aromatic heterocycles. The highest BCUT2D eigenvalue weighted by Gasteiger charge is 2.42. The normalized spacial score (nSPS) is 24.9. The summed E-state index contributed by atoms with van der Waals surface area (Å²) < 4.78 is 21.6. The van der Waals surface area contributed by atoms with E-state index in [4.69, 9.17) is 11.6 Å². The number of aliphatic hydroxyl groups is 1. The molecule has 3 atom stereocenters. The Labute approximate surface area is 107 Å². The van der Waals surface area contributed by atoms with E-state index in [1.807, 2.05) is 6.07 Å². The maximum atomic E-state index is 10.8. The van der Waals surface area contributed by atoms with Crippen molar-refractivity contribution in [1.82, 2.24) is 0 Å². The second-order valence-electron chi connectivity index (χ2n) is 4.41. The molecule has 1 aromatic carbocycles. The molecule has 1 N–H and O–H groups in total. The fourth-order valence-electron chi connectivity index (χ4n) is 2.21. The molecular formula is C12H14ClO3S. The first-order valence-corrected chi connectivity index (χ1v) is 7.14. The van der Waals surface area contributed by atoms with Crippen molar-refractivity contribution in [3.63, 3.8) is 0 Å². The zero-order chi connectivity index (χ0) is 12.6. The summed E-state index contributed by atoms with van der Waals surface area (Å²) in [6, 6.07) is 5.29. The summed E-state index contributed by atoms with van der Waals surface area (Å²) in [5, 5.41) is 9.93. The van der Waals surface area contributed by atoms with E-state index in [0.717, 1.165) is 17.5 Å². The van der Waals surface area contributed by atoms with E-state index in [1.165, 1.54) is 0 Å². The average molecular weight is 274 g/mol. The van der Waals surface area contributed by atoms with Crippen molar-refractivity contribution in [2.45, 2.75) is 24.2 Å². The van der Waals surface area contributed by atoms with Crippen molar-refractivity contribution in [3.8, 4) is 0 Å². The lowest BCUT2D eigenvalue weighted by atomic mass is 10.0. The van der Waals surface area contributed by atoms with Gasteiger partial charge in [-0.25, -0.2) is 8.42 Å². The van der Waals surface area contributed by atoms with Gasteiger partial charge in [-0.2, -0.15) is 0 Å². The van der Waals surface area contributed by atoms with Gasteiger partial charge in [0.1, 0.15) is 10.7 Å². The molecule has 3 unspecified atom stereocenters. The Bertz CT molecular complexity index is 489. The molecule has 1 radical (unpaired) electrons. The Morgan fingerprint density at radius 3 is 2.76 bits per heavy atom. The zero-order valence-corrected chi connectivity index (χ0v) is 10.8. The summed E-state index contributed by atoms with van der Waals surface area (Å²) in [6.07, 6.45) is 0.263. The van der Waals surface area contributed by atoms with Crippen LogP contribution < -0.4 is 0 Å². The minimum absolute atomic E-state index is 0.00167. The van der Waals surface area contributed by atoms with Crippen LogP contribution in [0.4, 0.5) is 0 Å². The maximum Gasteiger partial charge on any atom is 0.144 e. The van der Waals surface area contributed by atoms with Crippen molar-refractivity contribution in [2.75, 3.05) is 0 Å². The molecule has 0 heterocycles. The third-order valence-electron chi connectivity index (χ3n) is 3.14. The Hall–Kier alpha value is -0.580. The van der Waals surface area contributed by atoms with Crippen LogP contribution in [0.15, 0.2) is 18.2 Å². The summed E-state index contributed by atoms with van der Waals surface area (Å²) in [5.41, 5.74) is 1.71. The van der Waals surface area contributed by atoms with E-state index in [0.29, 0.717) is 5.02 Å². The first-order chi connectivity index (χ1) is 7.99. The number of benzene rings is 1. The van der Waals surface area contributed by atoms with Crippen molar-refractivity contribution < 1.29 is 13.5 Å². The molecule has 93 valence electrons. The van der Waals surface area contributed by atoms with Crippen LogP contribution in [0.1, 0.15) is 23.5 Å². The molecule has 1 aliphatic rings. The summed E-state index contributed by atoms with van der Waals surface area (Å²) >= 11 is 5.87. The van der Waals surface area contributed by atoms with Gasteiger partial charge in [-0.05, 0) is 48.4 Å². The van der Waals surface area contributed by atoms with Gasteiger partial charge in [-0.3, -0.25) is 0 Å². The fraction of sp³-hybridized carbons (Fsp3) is 0.417. The van der Waals surface area contributed by atoms with Crippen molar-refractivity contribution >= 4 is 22.3 Å². The molecule has 0 aliphatic heterocycles. The van der Waals surface area contributed by atoms with Crippen molar-refractivity contribution in [3.05, 3.63) is 41.3 Å². The quantitative estimate of drug-likeness (QED) is 0.822. The van der Waals surface area contributed by atoms with Crippen LogP contribution in [0.25, 0.3) is 0 Å². The number of thiol groups is 1. The number of hydrogen-bond donors (Lipinski definition) is 2. The van der Waals surface area contributed by atoms with Gasteiger partial charge in [0.2, 0.25) is 0 Å². The van der Waals surface area contributed by atoms with Crippen LogP contribution in [0, 0.1) is 12.8 Å². The van der Waals surface area contributed by atoms with Gasteiger partial charge in [0.15, 0.2) is 0 Å².